The van der Waals surface area contributed by atoms with Crippen molar-refractivity contribution in [1.29, 1.82) is 0 Å². The van der Waals surface area contributed by atoms with E-state index in [1.54, 1.807) is 6.20 Å². The number of halogens is 1. The van der Waals surface area contributed by atoms with E-state index in [0.717, 1.165) is 14.7 Å². The maximum Gasteiger partial charge on any atom is 0.260 e. The number of carbonyl (C=O) groups is 1. The Morgan fingerprint density at radius 2 is 2.16 bits per heavy atom. The number of hydrogen-bond donors (Lipinski definition) is 1. The third kappa shape index (κ3) is 2.41. The van der Waals surface area contributed by atoms with Crippen LogP contribution in [0.5, 0.6) is 0 Å². The zero-order valence-electron chi connectivity index (χ0n) is 10.1. The SMILES string of the molecule is Cn1cc(Br)c(C(=O)Nc2nc3ccccc3s2)c1. The average molecular weight is 336 g/mol. The second kappa shape index (κ2) is 4.79. The highest BCUT2D eigenvalue weighted by Crippen LogP contribution is 2.26. The van der Waals surface area contributed by atoms with Gasteiger partial charge in [0, 0.05) is 23.9 Å². The van der Waals surface area contributed by atoms with E-state index < -0.39 is 0 Å². The largest absolute Gasteiger partial charge is 0.355 e. The van der Waals surface area contributed by atoms with Crippen molar-refractivity contribution in [3.05, 3.63) is 46.7 Å². The topological polar surface area (TPSA) is 46.9 Å². The van der Waals surface area contributed by atoms with Gasteiger partial charge in [-0.3, -0.25) is 10.1 Å². The van der Waals surface area contributed by atoms with E-state index >= 15 is 0 Å². The van der Waals surface area contributed by atoms with Crippen molar-refractivity contribution in [3.63, 3.8) is 0 Å². The first kappa shape index (κ1) is 12.4. The van der Waals surface area contributed by atoms with Crippen molar-refractivity contribution in [2.24, 2.45) is 7.05 Å². The van der Waals surface area contributed by atoms with E-state index in [9.17, 15) is 4.79 Å². The Labute approximate surface area is 122 Å². The summed E-state index contributed by atoms with van der Waals surface area (Å²) in [4.78, 5) is 16.5. The number of aromatic nitrogens is 2. The zero-order valence-corrected chi connectivity index (χ0v) is 12.5. The number of amides is 1. The molecule has 0 radical (unpaired) electrons. The number of rotatable bonds is 2. The molecular formula is C13H10BrN3OS. The third-order valence-corrected chi connectivity index (χ3v) is 4.25. The fourth-order valence-electron chi connectivity index (χ4n) is 1.81. The van der Waals surface area contributed by atoms with Crippen molar-refractivity contribution in [3.8, 4) is 0 Å². The van der Waals surface area contributed by atoms with Crippen molar-refractivity contribution in [1.82, 2.24) is 9.55 Å². The Morgan fingerprint density at radius 3 is 2.84 bits per heavy atom. The van der Waals surface area contributed by atoms with Gasteiger partial charge in [-0.2, -0.15) is 0 Å². The molecule has 19 heavy (non-hydrogen) atoms. The smallest absolute Gasteiger partial charge is 0.260 e. The molecule has 0 bridgehead atoms. The van der Waals surface area contributed by atoms with Gasteiger partial charge in [0.15, 0.2) is 5.13 Å². The summed E-state index contributed by atoms with van der Waals surface area (Å²) in [5.74, 6) is -0.161. The standard InChI is InChI=1S/C13H10BrN3OS/c1-17-6-8(9(14)7-17)12(18)16-13-15-10-4-2-3-5-11(10)19-13/h2-7H,1H3,(H,15,16,18). The highest BCUT2D eigenvalue weighted by atomic mass is 79.9. The molecule has 4 nitrogen and oxygen atoms in total. The molecule has 0 saturated heterocycles. The number of anilines is 1. The number of benzene rings is 1. The van der Waals surface area contributed by atoms with E-state index in [-0.39, 0.29) is 5.91 Å². The average Bonchev–Trinajstić information content (AvgIpc) is 2.91. The molecule has 0 fully saturated rings. The molecule has 0 unspecified atom stereocenters. The molecule has 3 aromatic rings. The Balaban J connectivity index is 1.88. The summed E-state index contributed by atoms with van der Waals surface area (Å²) in [7, 11) is 1.87. The number of nitrogens with zero attached hydrogens (tertiary/aromatic N) is 2. The molecule has 0 aliphatic heterocycles. The molecule has 0 aliphatic carbocycles. The van der Waals surface area contributed by atoms with Gasteiger partial charge in [-0.1, -0.05) is 23.5 Å². The Bertz CT molecular complexity index is 729. The van der Waals surface area contributed by atoms with Crippen LogP contribution in [0.2, 0.25) is 0 Å². The van der Waals surface area contributed by atoms with Crippen LogP contribution in [0, 0.1) is 0 Å². The van der Waals surface area contributed by atoms with E-state index in [2.05, 4.69) is 26.2 Å². The minimum absolute atomic E-state index is 0.161. The molecule has 0 saturated carbocycles. The summed E-state index contributed by atoms with van der Waals surface area (Å²) in [6.07, 6.45) is 3.61. The molecule has 1 amide bonds. The number of aryl methyl sites for hydroxylation is 1. The molecule has 1 N–H and O–H groups in total. The molecule has 3 rings (SSSR count). The van der Waals surface area contributed by atoms with Gasteiger partial charge in [-0.05, 0) is 28.1 Å². The summed E-state index contributed by atoms with van der Waals surface area (Å²) in [6.45, 7) is 0. The van der Waals surface area contributed by atoms with Crippen LogP contribution < -0.4 is 5.32 Å². The first-order chi connectivity index (χ1) is 9.13. The van der Waals surface area contributed by atoms with Gasteiger partial charge in [-0.15, -0.1) is 0 Å². The predicted octanol–water partition coefficient (Wildman–Crippen LogP) is 3.65. The third-order valence-electron chi connectivity index (χ3n) is 2.67. The second-order valence-corrected chi connectivity index (χ2v) is 6.01. The van der Waals surface area contributed by atoms with Crippen LogP contribution in [0.15, 0.2) is 41.1 Å². The van der Waals surface area contributed by atoms with Crippen LogP contribution in [-0.2, 0) is 7.05 Å². The first-order valence-electron chi connectivity index (χ1n) is 5.62. The van der Waals surface area contributed by atoms with Crippen molar-refractivity contribution >= 4 is 48.5 Å². The summed E-state index contributed by atoms with van der Waals surface area (Å²) in [5, 5.41) is 3.44. The van der Waals surface area contributed by atoms with Gasteiger partial charge < -0.3 is 4.57 Å². The number of hydrogen-bond acceptors (Lipinski definition) is 3. The molecule has 1 aromatic carbocycles. The zero-order chi connectivity index (χ0) is 13.4. The highest BCUT2D eigenvalue weighted by Gasteiger charge is 2.14. The number of carbonyl (C=O) groups excluding carboxylic acids is 1. The Hall–Kier alpha value is -1.66. The predicted molar refractivity (Wildman–Crippen MR) is 80.7 cm³/mol. The first-order valence-corrected chi connectivity index (χ1v) is 7.23. The lowest BCUT2D eigenvalue weighted by Gasteiger charge is -1.99. The van der Waals surface area contributed by atoms with Gasteiger partial charge in [0.1, 0.15) is 0 Å². The lowest BCUT2D eigenvalue weighted by atomic mass is 10.3. The number of fused-ring (bicyclic) bond motifs is 1. The number of thiazole rings is 1. The summed E-state index contributed by atoms with van der Waals surface area (Å²) in [6, 6.07) is 7.81. The highest BCUT2D eigenvalue weighted by molar-refractivity contribution is 9.10. The Kier molecular flexibility index (Phi) is 3.12. The van der Waals surface area contributed by atoms with Crippen LogP contribution in [0.4, 0.5) is 5.13 Å². The maximum atomic E-state index is 12.1. The fourth-order valence-corrected chi connectivity index (χ4v) is 3.27. The Morgan fingerprint density at radius 1 is 1.37 bits per heavy atom. The van der Waals surface area contributed by atoms with Gasteiger partial charge >= 0.3 is 0 Å². The molecule has 0 atom stereocenters. The minimum Gasteiger partial charge on any atom is -0.355 e. The van der Waals surface area contributed by atoms with E-state index in [1.165, 1.54) is 11.3 Å². The molecule has 0 spiro atoms. The van der Waals surface area contributed by atoms with Crippen molar-refractivity contribution < 1.29 is 4.79 Å². The van der Waals surface area contributed by atoms with Crippen LogP contribution >= 0.6 is 27.3 Å². The molecular weight excluding hydrogens is 326 g/mol. The van der Waals surface area contributed by atoms with Gasteiger partial charge in [0.05, 0.1) is 15.8 Å². The molecule has 2 aromatic heterocycles. The number of nitrogens with one attached hydrogen (secondary N) is 1. The van der Waals surface area contributed by atoms with Gasteiger partial charge in [0.2, 0.25) is 0 Å². The van der Waals surface area contributed by atoms with Crippen molar-refractivity contribution in [2.45, 2.75) is 0 Å². The molecule has 6 heteroatoms. The number of para-hydroxylation sites is 1. The summed E-state index contributed by atoms with van der Waals surface area (Å²) in [5.41, 5.74) is 1.50. The summed E-state index contributed by atoms with van der Waals surface area (Å²) >= 11 is 4.83. The van der Waals surface area contributed by atoms with E-state index in [1.807, 2.05) is 42.1 Å². The van der Waals surface area contributed by atoms with Crippen molar-refractivity contribution in [2.75, 3.05) is 5.32 Å². The normalized spacial score (nSPS) is 10.8. The van der Waals surface area contributed by atoms with Crippen LogP contribution in [0.25, 0.3) is 10.2 Å². The molecule has 0 aliphatic rings. The van der Waals surface area contributed by atoms with Crippen LogP contribution in [-0.4, -0.2) is 15.5 Å². The van der Waals surface area contributed by atoms with Gasteiger partial charge in [0.25, 0.3) is 5.91 Å². The maximum absolute atomic E-state index is 12.1. The fraction of sp³-hybridized carbons (Fsp3) is 0.0769. The molecule has 2 heterocycles. The van der Waals surface area contributed by atoms with E-state index in [4.69, 9.17) is 0 Å². The minimum atomic E-state index is -0.161. The lowest BCUT2D eigenvalue weighted by molar-refractivity contribution is 0.102. The monoisotopic (exact) mass is 335 g/mol. The van der Waals surface area contributed by atoms with Crippen LogP contribution in [0.1, 0.15) is 10.4 Å². The molecule has 96 valence electrons. The lowest BCUT2D eigenvalue weighted by Crippen LogP contribution is -2.11. The van der Waals surface area contributed by atoms with Gasteiger partial charge in [-0.25, -0.2) is 4.98 Å². The van der Waals surface area contributed by atoms with E-state index in [0.29, 0.717) is 10.7 Å². The quantitative estimate of drug-likeness (QED) is 0.776. The second-order valence-electron chi connectivity index (χ2n) is 4.13. The van der Waals surface area contributed by atoms with Crippen LogP contribution in [0.3, 0.4) is 0 Å². The summed E-state index contributed by atoms with van der Waals surface area (Å²) < 4.78 is 3.66.